The molecule has 2 rings (SSSR count). The van der Waals surface area contributed by atoms with Crippen LogP contribution in [0.2, 0.25) is 0 Å². The van der Waals surface area contributed by atoms with Crippen molar-refractivity contribution in [3.8, 4) is 0 Å². The summed E-state index contributed by atoms with van der Waals surface area (Å²) in [7, 11) is 1.58. The number of halogens is 1. The minimum atomic E-state index is -0.504. The maximum atomic E-state index is 11.1. The molecule has 2 aromatic rings. The number of nitro groups is 1. The Morgan fingerprint density at radius 2 is 1.90 bits per heavy atom. The zero-order valence-corrected chi connectivity index (χ0v) is 12.2. The standard InChI is InChI=1S/C12H12BrN5O2/c1-14-11-10(18(19)20)12(17-7-16-11)15-6-8-2-4-9(13)5-3-8/h2-5,7H,6H2,1H3,(H2,14,15,16,17). The summed E-state index contributed by atoms with van der Waals surface area (Å²) in [5, 5.41) is 16.7. The molecule has 0 saturated heterocycles. The SMILES string of the molecule is CNc1ncnc(NCc2ccc(Br)cc2)c1[N+](=O)[O-]. The Labute approximate surface area is 123 Å². The molecule has 0 fully saturated rings. The number of anilines is 2. The second-order valence-electron chi connectivity index (χ2n) is 3.91. The zero-order chi connectivity index (χ0) is 14.5. The lowest BCUT2D eigenvalue weighted by molar-refractivity contribution is -0.383. The Bertz CT molecular complexity index is 618. The third-order valence-electron chi connectivity index (χ3n) is 2.61. The predicted molar refractivity (Wildman–Crippen MR) is 79.7 cm³/mol. The molecule has 0 amide bonds. The Morgan fingerprint density at radius 3 is 2.50 bits per heavy atom. The summed E-state index contributed by atoms with van der Waals surface area (Å²) < 4.78 is 0.978. The lowest BCUT2D eigenvalue weighted by atomic mass is 10.2. The molecule has 0 bridgehead atoms. The molecule has 0 saturated carbocycles. The molecule has 0 atom stereocenters. The maximum Gasteiger partial charge on any atom is 0.353 e. The third-order valence-corrected chi connectivity index (χ3v) is 3.14. The fourth-order valence-electron chi connectivity index (χ4n) is 1.65. The zero-order valence-electron chi connectivity index (χ0n) is 10.6. The van der Waals surface area contributed by atoms with Gasteiger partial charge in [0.15, 0.2) is 0 Å². The van der Waals surface area contributed by atoms with Crippen molar-refractivity contribution in [1.82, 2.24) is 9.97 Å². The monoisotopic (exact) mass is 337 g/mol. The number of aromatic nitrogens is 2. The van der Waals surface area contributed by atoms with Gasteiger partial charge in [-0.2, -0.15) is 0 Å². The van der Waals surface area contributed by atoms with Gasteiger partial charge in [-0.15, -0.1) is 0 Å². The van der Waals surface area contributed by atoms with Gasteiger partial charge in [-0.3, -0.25) is 10.1 Å². The summed E-state index contributed by atoms with van der Waals surface area (Å²) >= 11 is 3.35. The van der Waals surface area contributed by atoms with Crippen molar-refractivity contribution in [2.24, 2.45) is 0 Å². The van der Waals surface area contributed by atoms with E-state index in [9.17, 15) is 10.1 Å². The molecule has 0 unspecified atom stereocenters. The van der Waals surface area contributed by atoms with Gasteiger partial charge in [0.25, 0.3) is 0 Å². The molecule has 104 valence electrons. The molecule has 1 heterocycles. The van der Waals surface area contributed by atoms with Crippen LogP contribution in [-0.2, 0) is 6.54 Å². The van der Waals surface area contributed by atoms with Gasteiger partial charge in [0.05, 0.1) is 4.92 Å². The molecule has 20 heavy (non-hydrogen) atoms. The summed E-state index contributed by atoms with van der Waals surface area (Å²) in [5.41, 5.74) is 0.833. The van der Waals surface area contributed by atoms with E-state index in [1.807, 2.05) is 24.3 Å². The van der Waals surface area contributed by atoms with Crippen LogP contribution < -0.4 is 10.6 Å². The van der Waals surface area contributed by atoms with Crippen molar-refractivity contribution in [1.29, 1.82) is 0 Å². The molecular weight excluding hydrogens is 326 g/mol. The van der Waals surface area contributed by atoms with E-state index in [1.54, 1.807) is 7.05 Å². The van der Waals surface area contributed by atoms with Gasteiger partial charge in [0.2, 0.25) is 11.6 Å². The van der Waals surface area contributed by atoms with E-state index >= 15 is 0 Å². The number of hydrogen-bond acceptors (Lipinski definition) is 6. The van der Waals surface area contributed by atoms with E-state index in [1.165, 1.54) is 6.33 Å². The van der Waals surface area contributed by atoms with E-state index in [-0.39, 0.29) is 17.3 Å². The molecule has 7 nitrogen and oxygen atoms in total. The highest BCUT2D eigenvalue weighted by Crippen LogP contribution is 2.28. The highest BCUT2D eigenvalue weighted by Gasteiger charge is 2.21. The van der Waals surface area contributed by atoms with Crippen LogP contribution in [0, 0.1) is 10.1 Å². The first kappa shape index (κ1) is 14.2. The van der Waals surface area contributed by atoms with Crippen LogP contribution in [0.25, 0.3) is 0 Å². The highest BCUT2D eigenvalue weighted by atomic mass is 79.9. The summed E-state index contributed by atoms with van der Waals surface area (Å²) in [6.45, 7) is 0.439. The molecule has 1 aromatic carbocycles. The van der Waals surface area contributed by atoms with Crippen molar-refractivity contribution >= 4 is 33.3 Å². The molecule has 2 N–H and O–H groups in total. The van der Waals surface area contributed by atoms with Crippen LogP contribution >= 0.6 is 15.9 Å². The van der Waals surface area contributed by atoms with Crippen molar-refractivity contribution in [2.45, 2.75) is 6.54 Å². The van der Waals surface area contributed by atoms with E-state index in [0.717, 1.165) is 10.0 Å². The quantitative estimate of drug-likeness (QED) is 0.643. The third kappa shape index (κ3) is 3.21. The lowest BCUT2D eigenvalue weighted by Gasteiger charge is -2.08. The fourth-order valence-corrected chi connectivity index (χ4v) is 1.92. The minimum Gasteiger partial charge on any atom is -0.367 e. The van der Waals surface area contributed by atoms with E-state index in [2.05, 4.69) is 36.5 Å². The molecule has 0 aliphatic rings. The van der Waals surface area contributed by atoms with E-state index in [4.69, 9.17) is 0 Å². The van der Waals surface area contributed by atoms with Crippen molar-refractivity contribution in [3.63, 3.8) is 0 Å². The molecule has 0 aliphatic carbocycles. The van der Waals surface area contributed by atoms with Crippen molar-refractivity contribution in [3.05, 3.63) is 50.7 Å². The first-order valence-electron chi connectivity index (χ1n) is 5.77. The van der Waals surface area contributed by atoms with Gasteiger partial charge in [-0.1, -0.05) is 28.1 Å². The molecule has 0 aliphatic heterocycles. The van der Waals surface area contributed by atoms with Crippen LogP contribution in [0.3, 0.4) is 0 Å². The molecule has 0 radical (unpaired) electrons. The van der Waals surface area contributed by atoms with Crippen LogP contribution in [-0.4, -0.2) is 21.9 Å². The second kappa shape index (κ2) is 6.29. The lowest BCUT2D eigenvalue weighted by Crippen LogP contribution is -2.08. The average molecular weight is 338 g/mol. The Kier molecular flexibility index (Phi) is 4.46. The number of rotatable bonds is 5. The normalized spacial score (nSPS) is 10.1. The Morgan fingerprint density at radius 1 is 1.25 bits per heavy atom. The topological polar surface area (TPSA) is 93.0 Å². The summed E-state index contributed by atoms with van der Waals surface area (Å²) in [5.74, 6) is 0.376. The maximum absolute atomic E-state index is 11.1. The van der Waals surface area contributed by atoms with E-state index < -0.39 is 4.92 Å². The first-order valence-corrected chi connectivity index (χ1v) is 6.56. The van der Waals surface area contributed by atoms with Gasteiger partial charge in [0.1, 0.15) is 6.33 Å². The van der Waals surface area contributed by atoms with Crippen LogP contribution in [0.1, 0.15) is 5.56 Å². The molecule has 8 heteroatoms. The smallest absolute Gasteiger partial charge is 0.353 e. The fraction of sp³-hybridized carbons (Fsp3) is 0.167. The Hall–Kier alpha value is -2.22. The molecular formula is C12H12BrN5O2. The van der Waals surface area contributed by atoms with Crippen molar-refractivity contribution in [2.75, 3.05) is 17.7 Å². The molecule has 1 aromatic heterocycles. The minimum absolute atomic E-state index is 0.160. The second-order valence-corrected chi connectivity index (χ2v) is 4.82. The Balaban J connectivity index is 2.21. The number of hydrogen-bond donors (Lipinski definition) is 2. The summed E-state index contributed by atoms with van der Waals surface area (Å²) in [6, 6.07) is 7.65. The first-order chi connectivity index (χ1) is 9.61. The van der Waals surface area contributed by atoms with Crippen LogP contribution in [0.15, 0.2) is 35.1 Å². The highest BCUT2D eigenvalue weighted by molar-refractivity contribution is 9.10. The predicted octanol–water partition coefficient (Wildman–Crippen LogP) is 2.80. The average Bonchev–Trinajstić information content (AvgIpc) is 2.46. The van der Waals surface area contributed by atoms with Crippen LogP contribution in [0.4, 0.5) is 17.3 Å². The van der Waals surface area contributed by atoms with Gasteiger partial charge in [0, 0.05) is 18.1 Å². The van der Waals surface area contributed by atoms with Gasteiger partial charge in [-0.25, -0.2) is 9.97 Å². The van der Waals surface area contributed by atoms with Crippen LogP contribution in [0.5, 0.6) is 0 Å². The number of nitrogens with one attached hydrogen (secondary N) is 2. The van der Waals surface area contributed by atoms with Crippen molar-refractivity contribution < 1.29 is 4.92 Å². The summed E-state index contributed by atoms with van der Waals surface area (Å²) in [4.78, 5) is 18.4. The van der Waals surface area contributed by atoms with Gasteiger partial charge < -0.3 is 10.6 Å². The van der Waals surface area contributed by atoms with Gasteiger partial charge in [-0.05, 0) is 17.7 Å². The molecule has 0 spiro atoms. The summed E-state index contributed by atoms with van der Waals surface area (Å²) in [6.07, 6.45) is 1.28. The largest absolute Gasteiger partial charge is 0.367 e. The number of benzene rings is 1. The van der Waals surface area contributed by atoms with E-state index in [0.29, 0.717) is 6.54 Å². The van der Waals surface area contributed by atoms with Gasteiger partial charge >= 0.3 is 5.69 Å². The number of nitrogens with zero attached hydrogens (tertiary/aromatic N) is 3.